The molecule has 19 heavy (non-hydrogen) atoms. The lowest BCUT2D eigenvalue weighted by Gasteiger charge is -2.10. The van der Waals surface area contributed by atoms with Crippen molar-refractivity contribution in [1.82, 2.24) is 4.90 Å². The summed E-state index contributed by atoms with van der Waals surface area (Å²) < 4.78 is 0.428. The Balaban J connectivity index is 2.26. The standard InChI is InChI=1S/C11H8BrN3O4/c1-14-10(16)5-9(11(14)17)13-8-3-2-6(15(18)19)4-7(8)12/h2-5,13H,1H3. The molecule has 1 N–H and O–H groups in total. The van der Waals surface area contributed by atoms with Crippen molar-refractivity contribution in [3.05, 3.63) is 44.6 Å². The van der Waals surface area contributed by atoms with E-state index in [-0.39, 0.29) is 11.4 Å². The van der Waals surface area contributed by atoms with Crippen LogP contribution in [0.5, 0.6) is 0 Å². The van der Waals surface area contributed by atoms with Gasteiger partial charge in [-0.1, -0.05) is 0 Å². The molecule has 7 nitrogen and oxygen atoms in total. The average molecular weight is 326 g/mol. The zero-order valence-corrected chi connectivity index (χ0v) is 11.3. The quantitative estimate of drug-likeness (QED) is 0.518. The minimum atomic E-state index is -0.522. The first-order valence-electron chi connectivity index (χ1n) is 5.15. The lowest BCUT2D eigenvalue weighted by atomic mass is 10.2. The number of benzene rings is 1. The van der Waals surface area contributed by atoms with Crippen molar-refractivity contribution >= 4 is 39.1 Å². The molecule has 0 bridgehead atoms. The molecule has 1 aromatic carbocycles. The summed E-state index contributed by atoms with van der Waals surface area (Å²) in [5.74, 6) is -0.860. The number of carbonyl (C=O) groups is 2. The van der Waals surface area contributed by atoms with Gasteiger partial charge < -0.3 is 5.32 Å². The number of rotatable bonds is 3. The predicted octanol–water partition coefficient (Wildman–Crippen LogP) is 1.65. The smallest absolute Gasteiger partial charge is 0.277 e. The third-order valence-electron chi connectivity index (χ3n) is 2.57. The van der Waals surface area contributed by atoms with Crippen molar-refractivity contribution in [3.63, 3.8) is 0 Å². The highest BCUT2D eigenvalue weighted by Crippen LogP contribution is 2.28. The second-order valence-electron chi connectivity index (χ2n) is 3.81. The Hall–Kier alpha value is -2.22. The summed E-state index contributed by atoms with van der Waals surface area (Å²) in [6.45, 7) is 0. The van der Waals surface area contributed by atoms with Crippen LogP contribution in [0.3, 0.4) is 0 Å². The third kappa shape index (κ3) is 2.48. The van der Waals surface area contributed by atoms with Crippen LogP contribution in [0.1, 0.15) is 0 Å². The summed E-state index contributed by atoms with van der Waals surface area (Å²) in [5.41, 5.74) is 0.521. The monoisotopic (exact) mass is 325 g/mol. The fourth-order valence-electron chi connectivity index (χ4n) is 1.52. The number of nitrogens with one attached hydrogen (secondary N) is 1. The summed E-state index contributed by atoms with van der Waals surface area (Å²) in [6.07, 6.45) is 1.18. The molecule has 0 aromatic heterocycles. The number of anilines is 1. The third-order valence-corrected chi connectivity index (χ3v) is 3.22. The van der Waals surface area contributed by atoms with Crippen LogP contribution in [0.2, 0.25) is 0 Å². The van der Waals surface area contributed by atoms with Crippen LogP contribution in [0.15, 0.2) is 34.4 Å². The van der Waals surface area contributed by atoms with Gasteiger partial charge in [-0.3, -0.25) is 24.6 Å². The van der Waals surface area contributed by atoms with Crippen LogP contribution in [-0.2, 0) is 9.59 Å². The molecule has 1 aromatic rings. The van der Waals surface area contributed by atoms with E-state index in [0.29, 0.717) is 10.2 Å². The Morgan fingerprint density at radius 1 is 1.37 bits per heavy atom. The number of hydrogen-bond acceptors (Lipinski definition) is 5. The van der Waals surface area contributed by atoms with Crippen LogP contribution in [0.25, 0.3) is 0 Å². The number of non-ortho nitro benzene ring substituents is 1. The number of hydrogen-bond donors (Lipinski definition) is 1. The molecule has 0 radical (unpaired) electrons. The Kier molecular flexibility index (Phi) is 3.34. The molecular formula is C11H8BrN3O4. The minimum Gasteiger partial charge on any atom is -0.350 e. The van der Waals surface area contributed by atoms with Crippen molar-refractivity contribution < 1.29 is 14.5 Å². The first-order valence-corrected chi connectivity index (χ1v) is 5.94. The van der Waals surface area contributed by atoms with Gasteiger partial charge in [0.15, 0.2) is 0 Å². The van der Waals surface area contributed by atoms with E-state index in [9.17, 15) is 19.7 Å². The summed E-state index contributed by atoms with van der Waals surface area (Å²) in [5, 5.41) is 13.4. The topological polar surface area (TPSA) is 92.6 Å². The Bertz CT molecular complexity index is 626. The van der Waals surface area contributed by atoms with Gasteiger partial charge >= 0.3 is 0 Å². The van der Waals surface area contributed by atoms with E-state index >= 15 is 0 Å². The predicted molar refractivity (Wildman–Crippen MR) is 70.3 cm³/mol. The maximum Gasteiger partial charge on any atom is 0.277 e. The van der Waals surface area contributed by atoms with E-state index in [4.69, 9.17) is 0 Å². The summed E-state index contributed by atoms with van der Waals surface area (Å²) >= 11 is 3.17. The largest absolute Gasteiger partial charge is 0.350 e. The van der Waals surface area contributed by atoms with E-state index in [1.165, 1.54) is 31.3 Å². The molecule has 1 aliphatic rings. The summed E-state index contributed by atoms with van der Waals surface area (Å²) in [7, 11) is 1.38. The van der Waals surface area contributed by atoms with Crippen molar-refractivity contribution in [3.8, 4) is 0 Å². The number of amides is 2. The minimum absolute atomic E-state index is 0.0719. The van der Waals surface area contributed by atoms with Crippen molar-refractivity contribution in [2.45, 2.75) is 0 Å². The molecule has 0 saturated heterocycles. The van der Waals surface area contributed by atoms with Crippen molar-refractivity contribution in [1.29, 1.82) is 0 Å². The van der Waals surface area contributed by atoms with Crippen molar-refractivity contribution in [2.75, 3.05) is 12.4 Å². The lowest BCUT2D eigenvalue weighted by Crippen LogP contribution is -2.27. The molecule has 1 heterocycles. The molecular weight excluding hydrogens is 318 g/mol. The van der Waals surface area contributed by atoms with Gasteiger partial charge in [-0.15, -0.1) is 0 Å². The van der Waals surface area contributed by atoms with Crippen molar-refractivity contribution in [2.24, 2.45) is 0 Å². The maximum atomic E-state index is 11.7. The second kappa shape index (κ2) is 4.81. The highest BCUT2D eigenvalue weighted by molar-refractivity contribution is 9.10. The molecule has 0 spiro atoms. The summed E-state index contributed by atoms with van der Waals surface area (Å²) in [6, 6.07) is 4.08. The second-order valence-corrected chi connectivity index (χ2v) is 4.66. The maximum absolute atomic E-state index is 11.7. The van der Waals surface area contributed by atoms with Crippen LogP contribution in [-0.4, -0.2) is 28.7 Å². The zero-order valence-electron chi connectivity index (χ0n) is 9.71. The van der Waals surface area contributed by atoms with Gasteiger partial charge in [0.2, 0.25) is 0 Å². The summed E-state index contributed by atoms with van der Waals surface area (Å²) in [4.78, 5) is 34.0. The molecule has 8 heteroatoms. The van der Waals surface area contributed by atoms with Crippen LogP contribution < -0.4 is 5.32 Å². The van der Waals surface area contributed by atoms with Crippen LogP contribution >= 0.6 is 15.9 Å². The van der Waals surface area contributed by atoms with Crippen LogP contribution in [0.4, 0.5) is 11.4 Å². The number of nitro groups is 1. The van der Waals surface area contributed by atoms with Gasteiger partial charge in [-0.25, -0.2) is 0 Å². The normalized spacial score (nSPS) is 14.6. The van der Waals surface area contributed by atoms with Gasteiger partial charge in [-0.2, -0.15) is 0 Å². The molecule has 1 aliphatic heterocycles. The molecule has 98 valence electrons. The van der Waals surface area contributed by atoms with E-state index in [0.717, 1.165) is 4.90 Å². The van der Waals surface area contributed by atoms with Gasteiger partial charge in [0.05, 0.1) is 10.6 Å². The SMILES string of the molecule is CN1C(=O)C=C(Nc2ccc([N+](=O)[O-])cc2Br)C1=O. The molecule has 0 atom stereocenters. The fraction of sp³-hybridized carbons (Fsp3) is 0.0909. The van der Waals surface area contributed by atoms with Gasteiger partial charge in [0.25, 0.3) is 17.5 Å². The van der Waals surface area contributed by atoms with E-state index in [2.05, 4.69) is 21.2 Å². The average Bonchev–Trinajstić information content (AvgIpc) is 2.59. The highest BCUT2D eigenvalue weighted by Gasteiger charge is 2.28. The van der Waals surface area contributed by atoms with Crippen LogP contribution in [0, 0.1) is 10.1 Å². The number of carbonyl (C=O) groups excluding carboxylic acids is 2. The van der Waals surface area contributed by atoms with E-state index in [1.807, 2.05) is 0 Å². The van der Waals surface area contributed by atoms with E-state index < -0.39 is 16.7 Å². The molecule has 2 rings (SSSR count). The zero-order chi connectivity index (χ0) is 14.2. The van der Waals surface area contributed by atoms with Gasteiger partial charge in [0, 0.05) is 29.7 Å². The fourth-order valence-corrected chi connectivity index (χ4v) is 1.98. The number of nitro benzene ring substituents is 1. The molecule has 2 amide bonds. The first-order chi connectivity index (χ1) is 8.90. The van der Waals surface area contributed by atoms with Gasteiger partial charge in [0.1, 0.15) is 5.70 Å². The Morgan fingerprint density at radius 3 is 2.53 bits per heavy atom. The first kappa shape index (κ1) is 13.2. The number of likely N-dealkylation sites (N-methyl/N-ethyl adjacent to an activating group) is 1. The Labute approximate surface area is 116 Å². The highest BCUT2D eigenvalue weighted by atomic mass is 79.9. The molecule has 0 saturated carbocycles. The van der Waals surface area contributed by atoms with E-state index in [1.54, 1.807) is 0 Å². The number of halogens is 1. The lowest BCUT2D eigenvalue weighted by molar-refractivity contribution is -0.384. The number of nitrogens with zero attached hydrogens (tertiary/aromatic N) is 2. The van der Waals surface area contributed by atoms with Gasteiger partial charge in [-0.05, 0) is 22.0 Å². The molecule has 0 fully saturated rings. The Morgan fingerprint density at radius 2 is 2.05 bits per heavy atom. The molecule has 0 unspecified atom stereocenters. The molecule has 0 aliphatic carbocycles. The number of imide groups is 1.